The highest BCUT2D eigenvalue weighted by molar-refractivity contribution is 6.30. The van der Waals surface area contributed by atoms with Gasteiger partial charge in [0.1, 0.15) is 0 Å². The number of benzene rings is 1. The Morgan fingerprint density at radius 2 is 2.14 bits per heavy atom. The molecule has 0 heterocycles. The molecule has 1 aliphatic rings. The lowest BCUT2D eigenvalue weighted by Gasteiger charge is -2.12. The van der Waals surface area contributed by atoms with Gasteiger partial charge < -0.3 is 5.32 Å². The van der Waals surface area contributed by atoms with Crippen LogP contribution in [-0.2, 0) is 9.59 Å². The first kappa shape index (κ1) is 15.5. The topological polar surface area (TPSA) is 70.0 Å². The van der Waals surface area contributed by atoms with E-state index >= 15 is 0 Å². The molecule has 4 nitrogen and oxygen atoms in total. The second-order valence-corrected chi connectivity index (χ2v) is 6.07. The number of Topliss-reactive ketones (excluding diaryl/α,β-unsaturated/α-hetero) is 1. The zero-order valence-electron chi connectivity index (χ0n) is 12.0. The van der Waals surface area contributed by atoms with Gasteiger partial charge in [-0.1, -0.05) is 23.7 Å². The number of nitriles is 1. The molecule has 110 valence electrons. The predicted octanol–water partition coefficient (Wildman–Crippen LogP) is 2.68. The van der Waals surface area contributed by atoms with Crippen LogP contribution in [-0.4, -0.2) is 17.7 Å². The summed E-state index contributed by atoms with van der Waals surface area (Å²) < 4.78 is 0. The normalized spacial score (nSPS) is 21.5. The van der Waals surface area contributed by atoms with E-state index in [1.165, 1.54) is 0 Å². The van der Waals surface area contributed by atoms with Gasteiger partial charge in [-0.15, -0.1) is 0 Å². The Bertz CT molecular complexity index is 607. The maximum Gasteiger partial charge on any atom is 0.245 e. The van der Waals surface area contributed by atoms with Crippen molar-refractivity contribution in [2.24, 2.45) is 11.8 Å². The summed E-state index contributed by atoms with van der Waals surface area (Å²) in [5.74, 6) is -2.21. The second-order valence-electron chi connectivity index (χ2n) is 5.63. The molecule has 0 saturated heterocycles. The minimum atomic E-state index is -1.22. The monoisotopic (exact) mass is 304 g/mol. The van der Waals surface area contributed by atoms with E-state index in [4.69, 9.17) is 16.9 Å². The van der Waals surface area contributed by atoms with E-state index in [0.717, 1.165) is 5.56 Å². The van der Waals surface area contributed by atoms with Gasteiger partial charge >= 0.3 is 0 Å². The van der Waals surface area contributed by atoms with Crippen LogP contribution in [0.2, 0.25) is 5.02 Å². The smallest absolute Gasteiger partial charge is 0.245 e. The van der Waals surface area contributed by atoms with Crippen molar-refractivity contribution in [1.82, 2.24) is 5.32 Å². The van der Waals surface area contributed by atoms with Crippen molar-refractivity contribution in [1.29, 1.82) is 5.26 Å². The van der Waals surface area contributed by atoms with Crippen molar-refractivity contribution in [2.45, 2.75) is 32.2 Å². The number of rotatable bonds is 5. The largest absolute Gasteiger partial charge is 0.352 e. The van der Waals surface area contributed by atoms with Gasteiger partial charge in [0.15, 0.2) is 11.7 Å². The summed E-state index contributed by atoms with van der Waals surface area (Å²) in [6, 6.07) is 9.09. The van der Waals surface area contributed by atoms with Crippen LogP contribution in [0, 0.1) is 23.2 Å². The number of carbonyl (C=O) groups excluding carboxylic acids is 2. The van der Waals surface area contributed by atoms with E-state index < -0.39 is 11.8 Å². The molecular weight excluding hydrogens is 288 g/mol. The lowest BCUT2D eigenvalue weighted by molar-refractivity contribution is -0.132. The van der Waals surface area contributed by atoms with E-state index in [1.807, 2.05) is 24.3 Å². The van der Waals surface area contributed by atoms with E-state index in [2.05, 4.69) is 5.32 Å². The molecule has 1 aromatic carbocycles. The van der Waals surface area contributed by atoms with Crippen molar-refractivity contribution in [3.8, 4) is 6.07 Å². The van der Waals surface area contributed by atoms with Crippen LogP contribution in [0.4, 0.5) is 0 Å². The molecule has 1 N–H and O–H groups in total. The number of hydrogen-bond acceptors (Lipinski definition) is 3. The van der Waals surface area contributed by atoms with Crippen molar-refractivity contribution < 1.29 is 9.59 Å². The third kappa shape index (κ3) is 3.62. The fourth-order valence-corrected chi connectivity index (χ4v) is 2.65. The van der Waals surface area contributed by atoms with Crippen LogP contribution in [0.5, 0.6) is 0 Å². The summed E-state index contributed by atoms with van der Waals surface area (Å²) in [6.45, 7) is 3.59. The minimum Gasteiger partial charge on any atom is -0.352 e. The minimum absolute atomic E-state index is 0.0684. The number of carbonyl (C=O) groups is 2. The van der Waals surface area contributed by atoms with E-state index in [9.17, 15) is 9.59 Å². The number of amides is 1. The van der Waals surface area contributed by atoms with Crippen molar-refractivity contribution in [2.75, 3.05) is 0 Å². The highest BCUT2D eigenvalue weighted by atomic mass is 35.5. The van der Waals surface area contributed by atoms with Gasteiger partial charge in [-0.2, -0.15) is 5.26 Å². The first-order valence-corrected chi connectivity index (χ1v) is 7.31. The number of nitrogens with one attached hydrogen (secondary N) is 1. The van der Waals surface area contributed by atoms with Gasteiger partial charge in [0.2, 0.25) is 5.91 Å². The highest BCUT2D eigenvalue weighted by Crippen LogP contribution is 2.49. The lowest BCUT2D eigenvalue weighted by Crippen LogP contribution is -2.39. The van der Waals surface area contributed by atoms with Crippen molar-refractivity contribution in [3.05, 3.63) is 34.9 Å². The molecule has 0 spiro atoms. The van der Waals surface area contributed by atoms with E-state index in [1.54, 1.807) is 19.9 Å². The quantitative estimate of drug-likeness (QED) is 0.850. The van der Waals surface area contributed by atoms with Crippen molar-refractivity contribution >= 4 is 23.3 Å². The average molecular weight is 305 g/mol. The summed E-state index contributed by atoms with van der Waals surface area (Å²) in [4.78, 5) is 24.2. The summed E-state index contributed by atoms with van der Waals surface area (Å²) in [5.41, 5.74) is 0.988. The Kier molecular flexibility index (Phi) is 4.64. The Labute approximate surface area is 129 Å². The van der Waals surface area contributed by atoms with Crippen LogP contribution >= 0.6 is 11.6 Å². The molecule has 0 bridgehead atoms. The third-order valence-electron chi connectivity index (χ3n) is 3.54. The fourth-order valence-electron chi connectivity index (χ4n) is 2.45. The molecule has 1 saturated carbocycles. The molecule has 2 rings (SSSR count). The maximum absolute atomic E-state index is 12.3. The molecule has 3 atom stereocenters. The molecule has 3 unspecified atom stereocenters. The number of hydrogen-bond donors (Lipinski definition) is 1. The van der Waals surface area contributed by atoms with Gasteiger partial charge in [-0.3, -0.25) is 9.59 Å². The average Bonchev–Trinajstić information content (AvgIpc) is 3.18. The number of halogens is 1. The van der Waals surface area contributed by atoms with Gasteiger partial charge in [0, 0.05) is 17.0 Å². The molecule has 1 aromatic rings. The van der Waals surface area contributed by atoms with E-state index in [-0.39, 0.29) is 23.7 Å². The molecule has 21 heavy (non-hydrogen) atoms. The first-order chi connectivity index (χ1) is 9.93. The zero-order valence-corrected chi connectivity index (χ0v) is 12.7. The molecule has 0 aromatic heterocycles. The Morgan fingerprint density at radius 1 is 1.43 bits per heavy atom. The second kappa shape index (κ2) is 6.28. The van der Waals surface area contributed by atoms with Crippen LogP contribution in [0.25, 0.3) is 0 Å². The molecule has 0 aliphatic heterocycles. The Morgan fingerprint density at radius 3 is 2.71 bits per heavy atom. The Hall–Kier alpha value is -1.86. The maximum atomic E-state index is 12.3. The fraction of sp³-hybridized carbons (Fsp3) is 0.438. The standard InChI is InChI=1S/C16H17ClN2O2/c1-9(2)19-16(21)14(8-18)15(20)13-7-12(13)10-4-3-5-11(17)6-10/h3-6,9,12-14H,7H2,1-2H3,(H,19,21). The summed E-state index contributed by atoms with van der Waals surface area (Å²) >= 11 is 5.94. The van der Waals surface area contributed by atoms with Gasteiger partial charge in [0.05, 0.1) is 6.07 Å². The zero-order chi connectivity index (χ0) is 15.6. The predicted molar refractivity (Wildman–Crippen MR) is 79.7 cm³/mol. The van der Waals surface area contributed by atoms with Crippen molar-refractivity contribution in [3.63, 3.8) is 0 Å². The molecule has 1 amide bonds. The SMILES string of the molecule is CC(C)NC(=O)C(C#N)C(=O)C1CC1c1cccc(Cl)c1. The molecule has 0 radical (unpaired) electrons. The van der Waals surface area contributed by atoms with Gasteiger partial charge in [-0.05, 0) is 43.9 Å². The van der Waals surface area contributed by atoms with E-state index in [0.29, 0.717) is 11.4 Å². The van der Waals surface area contributed by atoms with Gasteiger partial charge in [0.25, 0.3) is 0 Å². The first-order valence-electron chi connectivity index (χ1n) is 6.93. The van der Waals surface area contributed by atoms with Crippen LogP contribution in [0.3, 0.4) is 0 Å². The summed E-state index contributed by atoms with van der Waals surface area (Å²) in [7, 11) is 0. The number of nitrogens with zero attached hydrogens (tertiary/aromatic N) is 1. The summed E-state index contributed by atoms with van der Waals surface area (Å²) in [5, 5.41) is 12.3. The van der Waals surface area contributed by atoms with Crippen LogP contribution < -0.4 is 5.32 Å². The molecular formula is C16H17ClN2O2. The number of ketones is 1. The lowest BCUT2D eigenvalue weighted by atomic mass is 9.98. The Balaban J connectivity index is 2.05. The molecule has 5 heteroatoms. The molecule has 1 aliphatic carbocycles. The third-order valence-corrected chi connectivity index (χ3v) is 3.77. The van der Waals surface area contributed by atoms with Crippen LogP contribution in [0.1, 0.15) is 31.7 Å². The van der Waals surface area contributed by atoms with Crippen LogP contribution in [0.15, 0.2) is 24.3 Å². The summed E-state index contributed by atoms with van der Waals surface area (Å²) in [6.07, 6.45) is 0.673. The molecule has 1 fully saturated rings. The highest BCUT2D eigenvalue weighted by Gasteiger charge is 2.47. The van der Waals surface area contributed by atoms with Gasteiger partial charge in [-0.25, -0.2) is 0 Å².